The Morgan fingerprint density at radius 2 is 1.69 bits per heavy atom. The first kappa shape index (κ1) is 19.5. The topological polar surface area (TPSA) is 43.8 Å². The van der Waals surface area contributed by atoms with E-state index in [-0.39, 0.29) is 6.10 Å². The molecule has 0 aliphatic carbocycles. The van der Waals surface area contributed by atoms with Gasteiger partial charge < -0.3 is 14.2 Å². The molecule has 1 aliphatic heterocycles. The van der Waals surface area contributed by atoms with Crippen LogP contribution in [-0.2, 0) is 6.54 Å². The van der Waals surface area contributed by atoms with Crippen LogP contribution in [0.25, 0.3) is 10.9 Å². The van der Waals surface area contributed by atoms with Crippen molar-refractivity contribution >= 4 is 10.9 Å². The van der Waals surface area contributed by atoms with E-state index in [2.05, 4.69) is 34.1 Å². The van der Waals surface area contributed by atoms with Crippen LogP contribution in [0, 0.1) is 6.92 Å². The van der Waals surface area contributed by atoms with Crippen LogP contribution in [0.5, 0.6) is 17.2 Å². The van der Waals surface area contributed by atoms with E-state index in [1.54, 1.807) is 14.2 Å². The van der Waals surface area contributed by atoms with Crippen molar-refractivity contribution in [3.8, 4) is 17.2 Å². The minimum atomic E-state index is 0.238. The fraction of sp³-hybridized carbons (Fsp3) is 0.375. The normalized spacial score (nSPS) is 15.4. The molecule has 0 spiro atoms. The van der Waals surface area contributed by atoms with Gasteiger partial charge in [-0.3, -0.25) is 9.88 Å². The number of benzene rings is 2. The van der Waals surface area contributed by atoms with E-state index in [9.17, 15) is 0 Å². The van der Waals surface area contributed by atoms with Crippen LogP contribution in [0.2, 0.25) is 0 Å². The second-order valence-electron chi connectivity index (χ2n) is 7.56. The van der Waals surface area contributed by atoms with Crippen LogP contribution < -0.4 is 14.2 Å². The number of para-hydroxylation sites is 1. The van der Waals surface area contributed by atoms with Crippen LogP contribution in [0.1, 0.15) is 24.1 Å². The maximum atomic E-state index is 6.41. The maximum absolute atomic E-state index is 6.41. The van der Waals surface area contributed by atoms with E-state index in [0.29, 0.717) is 0 Å². The van der Waals surface area contributed by atoms with Crippen LogP contribution in [-0.4, -0.2) is 43.3 Å². The maximum Gasteiger partial charge on any atom is 0.161 e. The Labute approximate surface area is 172 Å². The number of piperidine rings is 1. The number of hydrogen-bond donors (Lipinski definition) is 0. The Morgan fingerprint density at radius 3 is 2.45 bits per heavy atom. The van der Waals surface area contributed by atoms with E-state index in [0.717, 1.165) is 66.3 Å². The average molecular weight is 392 g/mol. The molecule has 29 heavy (non-hydrogen) atoms. The van der Waals surface area contributed by atoms with Crippen molar-refractivity contribution in [2.75, 3.05) is 27.3 Å². The standard InChI is InChI=1S/C24H28N2O3/c1-17-14-23(20-6-4-5-7-21(20)25-17)29-19-10-12-26(13-11-19)16-18-8-9-22(27-2)24(15-18)28-3/h4-9,14-15,19H,10-13,16H2,1-3H3. The summed E-state index contributed by atoms with van der Waals surface area (Å²) < 4.78 is 17.2. The van der Waals surface area contributed by atoms with Crippen molar-refractivity contribution in [2.45, 2.75) is 32.4 Å². The largest absolute Gasteiger partial charge is 0.493 e. The summed E-state index contributed by atoms with van der Waals surface area (Å²) in [6.45, 7) is 4.96. The second kappa shape index (κ2) is 8.70. The lowest BCUT2D eigenvalue weighted by Gasteiger charge is -2.32. The molecule has 3 aromatic rings. The number of aryl methyl sites for hydroxylation is 1. The summed E-state index contributed by atoms with van der Waals surface area (Å²) in [5.41, 5.74) is 3.22. The Morgan fingerprint density at radius 1 is 0.931 bits per heavy atom. The predicted octanol–water partition coefficient (Wildman–Crippen LogP) is 4.60. The van der Waals surface area contributed by atoms with Crippen molar-refractivity contribution < 1.29 is 14.2 Å². The first-order valence-electron chi connectivity index (χ1n) is 10.1. The second-order valence-corrected chi connectivity index (χ2v) is 7.56. The molecule has 0 unspecified atom stereocenters. The lowest BCUT2D eigenvalue weighted by atomic mass is 10.1. The van der Waals surface area contributed by atoms with E-state index < -0.39 is 0 Å². The van der Waals surface area contributed by atoms with Gasteiger partial charge in [0.25, 0.3) is 0 Å². The Kier molecular flexibility index (Phi) is 5.86. The molecule has 4 rings (SSSR count). The zero-order chi connectivity index (χ0) is 20.2. The zero-order valence-electron chi connectivity index (χ0n) is 17.4. The first-order valence-corrected chi connectivity index (χ1v) is 10.1. The summed E-state index contributed by atoms with van der Waals surface area (Å²) in [7, 11) is 3.34. The van der Waals surface area contributed by atoms with Crippen molar-refractivity contribution in [3.63, 3.8) is 0 Å². The number of aromatic nitrogens is 1. The summed E-state index contributed by atoms with van der Waals surface area (Å²) in [6, 6.07) is 16.4. The minimum Gasteiger partial charge on any atom is -0.493 e. The number of pyridine rings is 1. The molecule has 0 atom stereocenters. The van der Waals surface area contributed by atoms with Gasteiger partial charge in [-0.25, -0.2) is 0 Å². The summed E-state index contributed by atoms with van der Waals surface area (Å²) >= 11 is 0. The summed E-state index contributed by atoms with van der Waals surface area (Å²) in [5.74, 6) is 2.50. The highest BCUT2D eigenvalue weighted by Crippen LogP contribution is 2.30. The van der Waals surface area contributed by atoms with E-state index in [1.807, 2.05) is 31.2 Å². The van der Waals surface area contributed by atoms with Crippen molar-refractivity contribution in [1.82, 2.24) is 9.88 Å². The van der Waals surface area contributed by atoms with Crippen LogP contribution in [0.3, 0.4) is 0 Å². The number of likely N-dealkylation sites (tertiary alicyclic amines) is 1. The summed E-state index contributed by atoms with van der Waals surface area (Å²) in [5, 5.41) is 1.09. The number of rotatable bonds is 6. The molecular weight excluding hydrogens is 364 g/mol. The van der Waals surface area contributed by atoms with Crippen molar-refractivity contribution in [3.05, 3.63) is 59.8 Å². The van der Waals surface area contributed by atoms with Crippen LogP contribution in [0.4, 0.5) is 0 Å². The monoisotopic (exact) mass is 392 g/mol. The van der Waals surface area contributed by atoms with Gasteiger partial charge in [0.1, 0.15) is 11.9 Å². The van der Waals surface area contributed by atoms with Gasteiger partial charge in [-0.1, -0.05) is 18.2 Å². The van der Waals surface area contributed by atoms with Gasteiger partial charge in [0.15, 0.2) is 11.5 Å². The molecule has 152 valence electrons. The predicted molar refractivity (Wildman–Crippen MR) is 115 cm³/mol. The number of ether oxygens (including phenoxy) is 3. The highest BCUT2D eigenvalue weighted by atomic mass is 16.5. The Balaban J connectivity index is 1.38. The lowest BCUT2D eigenvalue weighted by Crippen LogP contribution is -2.37. The molecule has 5 heteroatoms. The molecular formula is C24H28N2O3. The Hall–Kier alpha value is -2.79. The van der Waals surface area contributed by atoms with E-state index in [4.69, 9.17) is 14.2 Å². The average Bonchev–Trinajstić information content (AvgIpc) is 2.75. The lowest BCUT2D eigenvalue weighted by molar-refractivity contribution is 0.0978. The molecule has 2 heterocycles. The van der Waals surface area contributed by atoms with Gasteiger partial charge in [0, 0.05) is 36.8 Å². The van der Waals surface area contributed by atoms with Gasteiger partial charge in [0.2, 0.25) is 0 Å². The molecule has 1 aromatic heterocycles. The molecule has 0 bridgehead atoms. The number of methoxy groups -OCH3 is 2. The van der Waals surface area contributed by atoms with E-state index in [1.165, 1.54) is 5.56 Å². The fourth-order valence-corrected chi connectivity index (χ4v) is 3.97. The highest BCUT2D eigenvalue weighted by molar-refractivity contribution is 5.85. The minimum absolute atomic E-state index is 0.238. The number of nitrogens with zero attached hydrogens (tertiary/aromatic N) is 2. The van der Waals surface area contributed by atoms with Gasteiger partial charge in [-0.15, -0.1) is 0 Å². The SMILES string of the molecule is COc1ccc(CN2CCC(Oc3cc(C)nc4ccccc34)CC2)cc1OC. The number of fused-ring (bicyclic) bond motifs is 1. The molecule has 1 fully saturated rings. The highest BCUT2D eigenvalue weighted by Gasteiger charge is 2.22. The van der Waals surface area contributed by atoms with Crippen LogP contribution >= 0.6 is 0 Å². The van der Waals surface area contributed by atoms with Crippen molar-refractivity contribution in [1.29, 1.82) is 0 Å². The smallest absolute Gasteiger partial charge is 0.161 e. The third-order valence-electron chi connectivity index (χ3n) is 5.49. The number of hydrogen-bond acceptors (Lipinski definition) is 5. The fourth-order valence-electron chi connectivity index (χ4n) is 3.97. The molecule has 0 saturated carbocycles. The van der Waals surface area contributed by atoms with Gasteiger partial charge in [-0.2, -0.15) is 0 Å². The molecule has 5 nitrogen and oxygen atoms in total. The molecule has 0 N–H and O–H groups in total. The molecule has 0 radical (unpaired) electrons. The molecule has 1 aliphatic rings. The summed E-state index contributed by atoms with van der Waals surface area (Å²) in [4.78, 5) is 7.08. The first-order chi connectivity index (χ1) is 14.2. The molecule has 1 saturated heterocycles. The summed E-state index contributed by atoms with van der Waals surface area (Å²) in [6.07, 6.45) is 2.27. The molecule has 2 aromatic carbocycles. The molecule has 0 amide bonds. The third kappa shape index (κ3) is 4.46. The van der Waals surface area contributed by atoms with Gasteiger partial charge in [-0.05, 0) is 49.6 Å². The van der Waals surface area contributed by atoms with E-state index >= 15 is 0 Å². The van der Waals surface area contributed by atoms with Gasteiger partial charge in [0.05, 0.1) is 19.7 Å². The Bertz CT molecular complexity index is 981. The van der Waals surface area contributed by atoms with Gasteiger partial charge >= 0.3 is 0 Å². The quantitative estimate of drug-likeness (QED) is 0.613. The zero-order valence-corrected chi connectivity index (χ0v) is 17.4. The van der Waals surface area contributed by atoms with Crippen LogP contribution in [0.15, 0.2) is 48.5 Å². The third-order valence-corrected chi connectivity index (χ3v) is 5.49. The van der Waals surface area contributed by atoms with Crippen molar-refractivity contribution in [2.24, 2.45) is 0 Å².